The molecule has 1 aliphatic rings. The molecule has 0 spiro atoms. The summed E-state index contributed by atoms with van der Waals surface area (Å²) in [6, 6.07) is 7.28. The first-order valence-electron chi connectivity index (χ1n) is 8.45. The summed E-state index contributed by atoms with van der Waals surface area (Å²) in [7, 11) is -2.41. The first-order valence-corrected chi connectivity index (χ1v) is 9.89. The normalized spacial score (nSPS) is 14.9. The molecular weight excluding hydrogens is 372 g/mol. The van der Waals surface area contributed by atoms with E-state index in [0.717, 1.165) is 12.8 Å². The van der Waals surface area contributed by atoms with E-state index in [4.69, 9.17) is 9.47 Å². The van der Waals surface area contributed by atoms with E-state index < -0.39 is 22.6 Å². The Hall–Kier alpha value is -2.65. The fraction of sp³-hybridized carbons (Fsp3) is 0.333. The van der Waals surface area contributed by atoms with Crippen LogP contribution in [0.3, 0.4) is 0 Å². The summed E-state index contributed by atoms with van der Waals surface area (Å²) in [4.78, 5) is 26.8. The van der Waals surface area contributed by atoms with Crippen molar-refractivity contribution in [3.05, 3.63) is 47.8 Å². The molecule has 1 aromatic heterocycles. The fourth-order valence-electron chi connectivity index (χ4n) is 2.87. The second-order valence-electron chi connectivity index (χ2n) is 6.06. The largest absolute Gasteiger partial charge is 0.495 e. The molecule has 1 aliphatic heterocycles. The molecule has 27 heavy (non-hydrogen) atoms. The molecule has 0 bridgehead atoms. The number of ether oxygens (including phenoxy) is 2. The number of carbonyl (C=O) groups is 2. The average molecular weight is 392 g/mol. The average Bonchev–Trinajstić information content (AvgIpc) is 3.39. The van der Waals surface area contributed by atoms with Gasteiger partial charge in [0.25, 0.3) is 0 Å². The Morgan fingerprint density at radius 3 is 2.56 bits per heavy atom. The van der Waals surface area contributed by atoms with Crippen LogP contribution < -0.4 is 4.74 Å². The van der Waals surface area contributed by atoms with Crippen molar-refractivity contribution in [2.45, 2.75) is 17.7 Å². The van der Waals surface area contributed by atoms with Crippen LogP contribution in [0.5, 0.6) is 5.75 Å². The molecule has 3 rings (SSSR count). The van der Waals surface area contributed by atoms with Crippen LogP contribution in [0, 0.1) is 0 Å². The number of hydrogen-bond acceptors (Lipinski definition) is 6. The quantitative estimate of drug-likeness (QED) is 0.569. The lowest BCUT2D eigenvalue weighted by atomic mass is 10.2. The maximum atomic E-state index is 12.8. The molecule has 0 radical (unpaired) electrons. The van der Waals surface area contributed by atoms with Gasteiger partial charge in [-0.25, -0.2) is 13.2 Å². The third kappa shape index (κ3) is 4.04. The van der Waals surface area contributed by atoms with Gasteiger partial charge in [0, 0.05) is 19.3 Å². The lowest BCUT2D eigenvalue weighted by Gasteiger charge is -2.18. The number of benzene rings is 1. The molecule has 9 heteroatoms. The molecule has 1 saturated heterocycles. The summed E-state index contributed by atoms with van der Waals surface area (Å²) in [5.41, 5.74) is 0.364. The van der Waals surface area contributed by atoms with E-state index in [1.807, 2.05) is 0 Å². The van der Waals surface area contributed by atoms with Gasteiger partial charge in [-0.05, 0) is 43.2 Å². The zero-order valence-corrected chi connectivity index (χ0v) is 15.6. The number of hydrogen-bond donors (Lipinski definition) is 1. The standard InChI is InChI=1S/C18H20N2O6S/c1-25-16-7-6-13(11-17(16)27(23,24)20-9-2-3-10-20)18(22)26-12-15(21)14-5-4-8-19-14/h4-8,11,19H,2-3,9-10,12H2,1H3. The number of sulfonamides is 1. The number of rotatable bonds is 7. The Morgan fingerprint density at radius 1 is 1.19 bits per heavy atom. The number of nitrogens with one attached hydrogen (secondary N) is 1. The first-order chi connectivity index (χ1) is 12.9. The number of nitrogens with zero attached hydrogens (tertiary/aromatic N) is 1. The summed E-state index contributed by atoms with van der Waals surface area (Å²) in [5, 5.41) is 0. The second kappa shape index (κ2) is 7.93. The number of H-pyrrole nitrogens is 1. The minimum absolute atomic E-state index is 0.0351. The zero-order valence-electron chi connectivity index (χ0n) is 14.8. The van der Waals surface area contributed by atoms with Gasteiger partial charge in [-0.2, -0.15) is 4.31 Å². The van der Waals surface area contributed by atoms with Gasteiger partial charge in [0.15, 0.2) is 6.61 Å². The number of aromatic nitrogens is 1. The van der Waals surface area contributed by atoms with Crippen LogP contribution in [0.1, 0.15) is 33.7 Å². The van der Waals surface area contributed by atoms with Gasteiger partial charge in [-0.1, -0.05) is 0 Å². The minimum Gasteiger partial charge on any atom is -0.495 e. The topological polar surface area (TPSA) is 106 Å². The summed E-state index contributed by atoms with van der Waals surface area (Å²) < 4.78 is 37.2. The molecule has 2 aromatic rings. The fourth-order valence-corrected chi connectivity index (χ4v) is 4.57. The van der Waals surface area contributed by atoms with Crippen molar-refractivity contribution in [2.24, 2.45) is 0 Å². The number of ketones is 1. The van der Waals surface area contributed by atoms with Crippen LogP contribution in [-0.2, 0) is 14.8 Å². The minimum atomic E-state index is -3.78. The molecule has 0 saturated carbocycles. The van der Waals surface area contributed by atoms with E-state index in [1.54, 1.807) is 18.3 Å². The Labute approximate surface area is 157 Å². The Bertz CT molecular complexity index is 931. The summed E-state index contributed by atoms with van der Waals surface area (Å²) in [6.07, 6.45) is 3.18. The van der Waals surface area contributed by atoms with Gasteiger partial charge in [-0.3, -0.25) is 4.79 Å². The van der Waals surface area contributed by atoms with E-state index in [2.05, 4.69) is 4.98 Å². The first kappa shape index (κ1) is 19.1. The summed E-state index contributed by atoms with van der Waals surface area (Å²) in [5.74, 6) is -1.01. The molecule has 0 aliphatic carbocycles. The molecular formula is C18H20N2O6S. The highest BCUT2D eigenvalue weighted by atomic mass is 32.2. The third-order valence-electron chi connectivity index (χ3n) is 4.31. The van der Waals surface area contributed by atoms with Crippen molar-refractivity contribution in [3.8, 4) is 5.75 Å². The van der Waals surface area contributed by atoms with Crippen LogP contribution >= 0.6 is 0 Å². The number of esters is 1. The lowest BCUT2D eigenvalue weighted by molar-refractivity contribution is 0.0473. The van der Waals surface area contributed by atoms with E-state index in [-0.39, 0.29) is 22.0 Å². The zero-order chi connectivity index (χ0) is 19.4. The molecule has 0 amide bonds. The molecule has 144 valence electrons. The van der Waals surface area contributed by atoms with E-state index in [1.165, 1.54) is 29.6 Å². The molecule has 0 unspecified atom stereocenters. The van der Waals surface area contributed by atoms with Crippen LogP contribution in [0.15, 0.2) is 41.4 Å². The van der Waals surface area contributed by atoms with Crippen LogP contribution in [0.4, 0.5) is 0 Å². The lowest BCUT2D eigenvalue weighted by Crippen LogP contribution is -2.28. The van der Waals surface area contributed by atoms with Gasteiger partial charge in [0.2, 0.25) is 15.8 Å². The highest BCUT2D eigenvalue weighted by Gasteiger charge is 2.31. The molecule has 1 aromatic carbocycles. The predicted octanol–water partition coefficient (Wildman–Crippen LogP) is 1.85. The molecule has 1 fully saturated rings. The predicted molar refractivity (Wildman–Crippen MR) is 96.4 cm³/mol. The summed E-state index contributed by atoms with van der Waals surface area (Å²) >= 11 is 0. The van der Waals surface area contributed by atoms with Gasteiger partial charge >= 0.3 is 5.97 Å². The Balaban J connectivity index is 1.80. The molecule has 8 nitrogen and oxygen atoms in total. The van der Waals surface area contributed by atoms with E-state index in [0.29, 0.717) is 18.8 Å². The van der Waals surface area contributed by atoms with Crippen molar-refractivity contribution < 1.29 is 27.5 Å². The number of aromatic amines is 1. The molecule has 0 atom stereocenters. The smallest absolute Gasteiger partial charge is 0.338 e. The number of methoxy groups -OCH3 is 1. The monoisotopic (exact) mass is 392 g/mol. The maximum absolute atomic E-state index is 12.8. The highest BCUT2D eigenvalue weighted by molar-refractivity contribution is 7.89. The second-order valence-corrected chi connectivity index (χ2v) is 7.97. The van der Waals surface area contributed by atoms with Gasteiger partial charge < -0.3 is 14.5 Å². The van der Waals surface area contributed by atoms with Crippen LogP contribution in [0.2, 0.25) is 0 Å². The Morgan fingerprint density at radius 2 is 1.93 bits per heavy atom. The number of Topliss-reactive ketones (excluding diaryl/α,β-unsaturated/α-hetero) is 1. The Kier molecular flexibility index (Phi) is 5.62. The van der Waals surface area contributed by atoms with Crippen LogP contribution in [-0.4, -0.2) is 56.3 Å². The summed E-state index contributed by atoms with van der Waals surface area (Å²) in [6.45, 7) is 0.426. The third-order valence-corrected chi connectivity index (χ3v) is 6.23. The van der Waals surface area contributed by atoms with Crippen molar-refractivity contribution in [2.75, 3.05) is 26.8 Å². The van der Waals surface area contributed by atoms with Crippen molar-refractivity contribution >= 4 is 21.8 Å². The van der Waals surface area contributed by atoms with Crippen molar-refractivity contribution in [1.82, 2.24) is 9.29 Å². The van der Waals surface area contributed by atoms with Gasteiger partial charge in [-0.15, -0.1) is 0 Å². The number of carbonyl (C=O) groups excluding carboxylic acids is 2. The van der Waals surface area contributed by atoms with Crippen molar-refractivity contribution in [3.63, 3.8) is 0 Å². The maximum Gasteiger partial charge on any atom is 0.338 e. The van der Waals surface area contributed by atoms with E-state index >= 15 is 0 Å². The van der Waals surface area contributed by atoms with Crippen molar-refractivity contribution in [1.29, 1.82) is 0 Å². The highest BCUT2D eigenvalue weighted by Crippen LogP contribution is 2.30. The van der Waals surface area contributed by atoms with Gasteiger partial charge in [0.05, 0.1) is 18.4 Å². The van der Waals surface area contributed by atoms with E-state index in [9.17, 15) is 18.0 Å². The van der Waals surface area contributed by atoms with Crippen LogP contribution in [0.25, 0.3) is 0 Å². The SMILES string of the molecule is COc1ccc(C(=O)OCC(=O)c2ccc[nH]2)cc1S(=O)(=O)N1CCCC1. The molecule has 2 heterocycles. The molecule has 1 N–H and O–H groups in total. The van der Waals surface area contributed by atoms with Gasteiger partial charge in [0.1, 0.15) is 10.6 Å².